The van der Waals surface area contributed by atoms with Crippen LogP contribution < -0.4 is 10.6 Å². The van der Waals surface area contributed by atoms with Crippen molar-refractivity contribution in [1.29, 1.82) is 0 Å². The van der Waals surface area contributed by atoms with Gasteiger partial charge in [0.25, 0.3) is 0 Å². The Morgan fingerprint density at radius 3 is 2.96 bits per heavy atom. The molecule has 1 fully saturated rings. The van der Waals surface area contributed by atoms with Gasteiger partial charge in [-0.2, -0.15) is 5.10 Å². The molecule has 2 N–H and O–H groups in total. The monoisotopic (exact) mass is 337 g/mol. The van der Waals surface area contributed by atoms with Crippen LogP contribution >= 0.6 is 0 Å². The number of likely N-dealkylation sites (N-methyl/N-ethyl adjacent to an activating group) is 1. The minimum Gasteiger partial charge on any atom is -0.323 e. The molecule has 1 unspecified atom stereocenters. The number of para-hydroxylation sites is 2. The van der Waals surface area contributed by atoms with Gasteiger partial charge in [-0.05, 0) is 25.1 Å². The Kier molecular flexibility index (Phi) is 4.02. The van der Waals surface area contributed by atoms with Crippen LogP contribution in [0.5, 0.6) is 0 Å². The Morgan fingerprint density at radius 2 is 2.16 bits per heavy atom. The van der Waals surface area contributed by atoms with Crippen LogP contribution in [0.1, 0.15) is 6.42 Å². The van der Waals surface area contributed by atoms with E-state index in [4.69, 9.17) is 0 Å². The first kappa shape index (κ1) is 15.5. The Hall–Kier alpha value is -3.00. The summed E-state index contributed by atoms with van der Waals surface area (Å²) in [6.07, 6.45) is 5.97. The molecular weight excluding hydrogens is 318 g/mol. The zero-order valence-corrected chi connectivity index (χ0v) is 13.9. The highest BCUT2D eigenvalue weighted by molar-refractivity contribution is 5.89. The van der Waals surface area contributed by atoms with E-state index in [1.54, 1.807) is 28.2 Å². The number of carbonyl (C=O) groups excluding carboxylic acids is 1. The van der Waals surface area contributed by atoms with Crippen LogP contribution in [-0.2, 0) is 0 Å². The summed E-state index contributed by atoms with van der Waals surface area (Å²) in [6, 6.07) is 7.74. The maximum atomic E-state index is 12.3. The molecule has 2 aromatic heterocycles. The quantitative estimate of drug-likeness (QED) is 0.758. The predicted octanol–water partition coefficient (Wildman–Crippen LogP) is 1.64. The number of nitrogens with one attached hydrogen (secondary N) is 2. The first-order valence-electron chi connectivity index (χ1n) is 8.22. The van der Waals surface area contributed by atoms with E-state index < -0.39 is 0 Å². The first-order valence-corrected chi connectivity index (χ1v) is 8.22. The molecule has 1 aliphatic rings. The van der Waals surface area contributed by atoms with Gasteiger partial charge in [0.15, 0.2) is 5.82 Å². The second-order valence-corrected chi connectivity index (χ2v) is 6.08. The Balaban J connectivity index is 1.50. The molecule has 8 heteroatoms. The fourth-order valence-corrected chi connectivity index (χ4v) is 2.92. The topological polar surface area (TPSA) is 88.0 Å². The number of fused-ring (bicyclic) bond motifs is 1. The van der Waals surface area contributed by atoms with Gasteiger partial charge in [-0.15, -0.1) is 0 Å². The van der Waals surface area contributed by atoms with Gasteiger partial charge in [0.05, 0.1) is 35.3 Å². The van der Waals surface area contributed by atoms with E-state index in [1.807, 2.05) is 31.3 Å². The van der Waals surface area contributed by atoms with Crippen molar-refractivity contribution in [3.05, 3.63) is 42.9 Å². The number of amides is 2. The largest absolute Gasteiger partial charge is 0.323 e. The fourth-order valence-electron chi connectivity index (χ4n) is 2.92. The summed E-state index contributed by atoms with van der Waals surface area (Å²) in [5.74, 6) is 0.604. The van der Waals surface area contributed by atoms with Gasteiger partial charge < -0.3 is 15.5 Å². The maximum absolute atomic E-state index is 12.3. The summed E-state index contributed by atoms with van der Waals surface area (Å²) in [6.45, 7) is 1.77. The third-order valence-corrected chi connectivity index (χ3v) is 4.41. The lowest BCUT2D eigenvalue weighted by molar-refractivity contribution is 0.208. The molecule has 0 aliphatic carbocycles. The zero-order valence-electron chi connectivity index (χ0n) is 13.9. The molecule has 1 atom stereocenters. The minimum absolute atomic E-state index is 0.141. The summed E-state index contributed by atoms with van der Waals surface area (Å²) >= 11 is 0. The van der Waals surface area contributed by atoms with Crippen molar-refractivity contribution in [2.75, 3.05) is 25.5 Å². The van der Waals surface area contributed by atoms with E-state index in [0.29, 0.717) is 11.5 Å². The van der Waals surface area contributed by atoms with Crippen LogP contribution in [0.25, 0.3) is 16.9 Å². The van der Waals surface area contributed by atoms with Crippen LogP contribution in [0.2, 0.25) is 0 Å². The van der Waals surface area contributed by atoms with Crippen molar-refractivity contribution < 1.29 is 4.79 Å². The number of nitrogens with zero attached hydrogens (tertiary/aromatic N) is 5. The van der Waals surface area contributed by atoms with Crippen molar-refractivity contribution >= 4 is 22.8 Å². The van der Waals surface area contributed by atoms with Gasteiger partial charge >= 0.3 is 6.03 Å². The van der Waals surface area contributed by atoms with Crippen molar-refractivity contribution in [2.24, 2.45) is 0 Å². The molecule has 4 rings (SSSR count). The molecule has 1 aromatic carbocycles. The van der Waals surface area contributed by atoms with E-state index in [1.165, 1.54) is 0 Å². The molecule has 128 valence electrons. The number of benzene rings is 1. The average molecular weight is 337 g/mol. The minimum atomic E-state index is -0.141. The maximum Gasteiger partial charge on any atom is 0.321 e. The lowest BCUT2D eigenvalue weighted by Gasteiger charge is -2.23. The third-order valence-electron chi connectivity index (χ3n) is 4.41. The van der Waals surface area contributed by atoms with E-state index >= 15 is 0 Å². The zero-order chi connectivity index (χ0) is 17.2. The molecule has 0 saturated carbocycles. The second kappa shape index (κ2) is 6.48. The number of urea groups is 1. The SMILES string of the molecule is CN(C(=O)Nc1cnn(-c2cnc3ccccc3n2)c1)C1CCNC1. The van der Waals surface area contributed by atoms with Crippen LogP contribution in [0.15, 0.2) is 42.9 Å². The Morgan fingerprint density at radius 1 is 1.32 bits per heavy atom. The van der Waals surface area contributed by atoms with Crippen molar-refractivity contribution in [2.45, 2.75) is 12.5 Å². The van der Waals surface area contributed by atoms with Crippen LogP contribution in [-0.4, -0.2) is 56.9 Å². The highest BCUT2D eigenvalue weighted by Gasteiger charge is 2.23. The summed E-state index contributed by atoms with van der Waals surface area (Å²) in [4.78, 5) is 23.0. The van der Waals surface area contributed by atoms with E-state index in [9.17, 15) is 4.79 Å². The highest BCUT2D eigenvalue weighted by atomic mass is 16.2. The normalized spacial score (nSPS) is 16.9. The smallest absolute Gasteiger partial charge is 0.321 e. The average Bonchev–Trinajstić information content (AvgIpc) is 3.32. The summed E-state index contributed by atoms with van der Waals surface area (Å²) < 4.78 is 1.60. The molecule has 3 aromatic rings. The number of carbonyl (C=O) groups is 1. The molecule has 1 saturated heterocycles. The highest BCUT2D eigenvalue weighted by Crippen LogP contribution is 2.14. The van der Waals surface area contributed by atoms with Crippen LogP contribution in [0, 0.1) is 0 Å². The number of hydrogen-bond acceptors (Lipinski definition) is 5. The summed E-state index contributed by atoms with van der Waals surface area (Å²) in [5, 5.41) is 10.4. The standard InChI is InChI=1S/C17H19N7O/c1-23(13-6-7-18-9-13)17(25)21-12-8-20-24(11-12)16-10-19-14-4-2-3-5-15(14)22-16/h2-5,8,10-11,13,18H,6-7,9H2,1H3,(H,21,25). The van der Waals surface area contributed by atoms with E-state index in [-0.39, 0.29) is 12.1 Å². The number of hydrogen-bond donors (Lipinski definition) is 2. The van der Waals surface area contributed by atoms with Gasteiger partial charge in [-0.1, -0.05) is 12.1 Å². The van der Waals surface area contributed by atoms with E-state index in [2.05, 4.69) is 25.7 Å². The number of anilines is 1. The van der Waals surface area contributed by atoms with Crippen molar-refractivity contribution in [3.8, 4) is 5.82 Å². The molecule has 2 amide bonds. The summed E-state index contributed by atoms with van der Waals surface area (Å²) in [7, 11) is 1.81. The molecule has 0 spiro atoms. The predicted molar refractivity (Wildman–Crippen MR) is 94.7 cm³/mol. The lowest BCUT2D eigenvalue weighted by atomic mass is 10.2. The molecular formula is C17H19N7O. The van der Waals surface area contributed by atoms with Crippen molar-refractivity contribution in [3.63, 3.8) is 0 Å². The molecule has 8 nitrogen and oxygen atoms in total. The van der Waals surface area contributed by atoms with Gasteiger partial charge in [-0.25, -0.2) is 14.5 Å². The fraction of sp³-hybridized carbons (Fsp3) is 0.294. The second-order valence-electron chi connectivity index (χ2n) is 6.08. The summed E-state index contributed by atoms with van der Waals surface area (Å²) in [5.41, 5.74) is 2.26. The lowest BCUT2D eigenvalue weighted by Crippen LogP contribution is -2.40. The van der Waals surface area contributed by atoms with Crippen LogP contribution in [0.3, 0.4) is 0 Å². The Labute approximate surface area is 144 Å². The first-order chi connectivity index (χ1) is 12.2. The third kappa shape index (κ3) is 3.16. The Bertz CT molecular complexity index is 901. The molecule has 0 bridgehead atoms. The molecule has 25 heavy (non-hydrogen) atoms. The van der Waals surface area contributed by atoms with E-state index in [0.717, 1.165) is 30.5 Å². The van der Waals surface area contributed by atoms with Gasteiger partial charge in [-0.3, -0.25) is 4.98 Å². The van der Waals surface area contributed by atoms with Gasteiger partial charge in [0.1, 0.15) is 0 Å². The van der Waals surface area contributed by atoms with Crippen LogP contribution in [0.4, 0.5) is 10.5 Å². The molecule has 3 heterocycles. The number of rotatable bonds is 3. The number of aromatic nitrogens is 4. The van der Waals surface area contributed by atoms with Crippen molar-refractivity contribution in [1.82, 2.24) is 30.0 Å². The van der Waals surface area contributed by atoms with Gasteiger partial charge in [0, 0.05) is 19.6 Å². The molecule has 0 radical (unpaired) electrons. The van der Waals surface area contributed by atoms with Gasteiger partial charge in [0.2, 0.25) is 0 Å². The molecule has 1 aliphatic heterocycles.